The van der Waals surface area contributed by atoms with Crippen molar-refractivity contribution < 1.29 is 40.7 Å². The Bertz CT molecular complexity index is 1330. The number of carbonyl (C=O) groups excluding carboxylic acids is 2. The number of anilines is 1. The monoisotopic (exact) mass is 616 g/mol. The van der Waals surface area contributed by atoms with Gasteiger partial charge in [0.2, 0.25) is 11.8 Å². The lowest BCUT2D eigenvalue weighted by molar-refractivity contribution is -0.163. The second kappa shape index (κ2) is 12.6. The van der Waals surface area contributed by atoms with Crippen LogP contribution in [0.4, 0.5) is 32.0 Å². The molecule has 2 saturated heterocycles. The number of hydrogen-bond acceptors (Lipinski definition) is 6. The predicted octanol–water partition coefficient (Wildman–Crippen LogP) is 5.11. The van der Waals surface area contributed by atoms with Crippen LogP contribution in [0.15, 0.2) is 52.3 Å². The molecule has 7 nitrogen and oxygen atoms in total. The number of nitrogens with one attached hydrogen (secondary N) is 1. The van der Waals surface area contributed by atoms with Gasteiger partial charge in [0.25, 0.3) is 0 Å². The maximum Gasteiger partial charge on any atom is 0.418 e. The van der Waals surface area contributed by atoms with Gasteiger partial charge in [0.1, 0.15) is 5.54 Å². The Hall–Kier alpha value is -3.23. The number of rotatable bonds is 7. The molecule has 0 aliphatic carbocycles. The normalized spacial score (nSPS) is 18.3. The van der Waals surface area contributed by atoms with Crippen LogP contribution in [0, 0.1) is 0 Å². The largest absolute Gasteiger partial charge is 0.418 e. The van der Waals surface area contributed by atoms with Crippen LogP contribution in [0.25, 0.3) is 6.08 Å². The van der Waals surface area contributed by atoms with Crippen molar-refractivity contribution in [3.8, 4) is 0 Å². The number of ether oxygens (including phenoxy) is 1. The number of carbonyl (C=O) groups is 2. The number of alkyl halides is 6. The molecule has 228 valence electrons. The average Bonchev–Trinajstić information content (AvgIpc) is 2.92. The SMILES string of the molecule is CN1CCC(Nc2cccc(Sc3ccc(C=CC(=O)N4CCOCC4)c(C(F)(F)F)c3C(F)(F)F)c2)(C(N)=O)CC1. The second-order valence-corrected chi connectivity index (χ2v) is 11.3. The Morgan fingerprint density at radius 2 is 1.62 bits per heavy atom. The van der Waals surface area contributed by atoms with Crippen LogP contribution in [-0.2, 0) is 26.7 Å². The van der Waals surface area contributed by atoms with E-state index in [1.54, 1.807) is 6.07 Å². The summed E-state index contributed by atoms with van der Waals surface area (Å²) in [5, 5.41) is 3.11. The third kappa shape index (κ3) is 7.39. The lowest BCUT2D eigenvalue weighted by Crippen LogP contribution is -2.56. The first-order valence-electron chi connectivity index (χ1n) is 13.1. The van der Waals surface area contributed by atoms with Crippen LogP contribution >= 0.6 is 11.8 Å². The van der Waals surface area contributed by atoms with E-state index in [1.165, 1.54) is 23.1 Å². The zero-order valence-electron chi connectivity index (χ0n) is 22.6. The van der Waals surface area contributed by atoms with Crippen LogP contribution in [0.2, 0.25) is 0 Å². The fourth-order valence-corrected chi connectivity index (χ4v) is 5.98. The van der Waals surface area contributed by atoms with Gasteiger partial charge in [-0.1, -0.05) is 23.9 Å². The zero-order valence-corrected chi connectivity index (χ0v) is 23.5. The molecule has 14 heteroatoms. The molecular formula is C28H30F6N4O3S. The van der Waals surface area contributed by atoms with E-state index in [-0.39, 0.29) is 31.2 Å². The summed E-state index contributed by atoms with van der Waals surface area (Å²) in [4.78, 5) is 27.7. The quantitative estimate of drug-likeness (QED) is 0.332. The predicted molar refractivity (Wildman–Crippen MR) is 146 cm³/mol. The molecule has 0 radical (unpaired) electrons. The summed E-state index contributed by atoms with van der Waals surface area (Å²) >= 11 is 0.514. The minimum Gasteiger partial charge on any atom is -0.378 e. The highest BCUT2D eigenvalue weighted by Gasteiger charge is 2.46. The summed E-state index contributed by atoms with van der Waals surface area (Å²) in [6.45, 7) is 2.16. The highest BCUT2D eigenvalue weighted by atomic mass is 32.2. The second-order valence-electron chi connectivity index (χ2n) is 10.2. The van der Waals surface area contributed by atoms with Crippen LogP contribution < -0.4 is 11.1 Å². The number of primary amides is 1. The van der Waals surface area contributed by atoms with Gasteiger partial charge < -0.3 is 25.6 Å². The fourth-order valence-electron chi connectivity index (χ4n) is 4.93. The standard InChI is InChI=1S/C28H30F6N4O3S/c1-37-11-9-26(10-12-37,25(35)40)36-19-3-2-4-20(17-19)42-21-7-5-18(6-8-22(39)38-13-15-41-16-14-38)23(27(29,30)31)24(21)28(32,33)34/h2-8,17,36H,9-16H2,1H3,(H2,35,40). The first kappa shape index (κ1) is 31.7. The summed E-state index contributed by atoms with van der Waals surface area (Å²) in [5.41, 5.74) is 0.525. The topological polar surface area (TPSA) is 87.9 Å². The average molecular weight is 617 g/mol. The molecule has 2 heterocycles. The van der Waals surface area contributed by atoms with E-state index in [4.69, 9.17) is 10.5 Å². The molecular weight excluding hydrogens is 586 g/mol. The molecule has 0 bridgehead atoms. The van der Waals surface area contributed by atoms with Crippen molar-refractivity contribution in [3.05, 3.63) is 59.2 Å². The first-order chi connectivity index (χ1) is 19.7. The van der Waals surface area contributed by atoms with E-state index in [2.05, 4.69) is 5.32 Å². The number of hydrogen-bond donors (Lipinski definition) is 2. The number of piperidine rings is 1. The van der Waals surface area contributed by atoms with Crippen LogP contribution in [0.1, 0.15) is 29.5 Å². The minimum absolute atomic E-state index is 0.219. The number of benzene rings is 2. The zero-order chi connectivity index (χ0) is 30.7. The Morgan fingerprint density at radius 3 is 2.21 bits per heavy atom. The molecule has 42 heavy (non-hydrogen) atoms. The van der Waals surface area contributed by atoms with Gasteiger partial charge in [-0.2, -0.15) is 26.3 Å². The van der Waals surface area contributed by atoms with Gasteiger partial charge in [-0.15, -0.1) is 0 Å². The highest BCUT2D eigenvalue weighted by Crippen LogP contribution is 2.48. The van der Waals surface area contributed by atoms with Gasteiger partial charge in [0.15, 0.2) is 0 Å². The first-order valence-corrected chi connectivity index (χ1v) is 13.9. The molecule has 0 aromatic heterocycles. The third-order valence-corrected chi connectivity index (χ3v) is 8.30. The number of nitrogens with two attached hydrogens (primary N) is 1. The molecule has 2 aliphatic heterocycles. The summed E-state index contributed by atoms with van der Waals surface area (Å²) in [6.07, 6.45) is -8.30. The molecule has 2 aromatic carbocycles. The lowest BCUT2D eigenvalue weighted by atomic mass is 9.86. The van der Waals surface area contributed by atoms with E-state index in [9.17, 15) is 35.9 Å². The number of morpholine rings is 1. The van der Waals surface area contributed by atoms with Gasteiger partial charge >= 0.3 is 12.4 Å². The molecule has 2 fully saturated rings. The Labute approximate surface area is 243 Å². The van der Waals surface area contributed by atoms with Gasteiger partial charge in [0, 0.05) is 47.7 Å². The third-order valence-electron chi connectivity index (χ3n) is 7.25. The summed E-state index contributed by atoms with van der Waals surface area (Å²) < 4.78 is 90.6. The Kier molecular flexibility index (Phi) is 9.48. The van der Waals surface area contributed by atoms with E-state index < -0.39 is 51.3 Å². The van der Waals surface area contributed by atoms with E-state index >= 15 is 0 Å². The molecule has 4 rings (SSSR count). The number of likely N-dealkylation sites (tertiary alicyclic amines) is 1. The van der Waals surface area contributed by atoms with Gasteiger partial charge in [0.05, 0.1) is 24.3 Å². The summed E-state index contributed by atoms with van der Waals surface area (Å²) in [5.74, 6) is -1.19. The molecule has 0 saturated carbocycles. The Balaban J connectivity index is 1.67. The number of amides is 2. The molecule has 0 atom stereocenters. The van der Waals surface area contributed by atoms with Gasteiger partial charge in [-0.25, -0.2) is 0 Å². The van der Waals surface area contributed by atoms with Crippen molar-refractivity contribution in [1.82, 2.24) is 9.80 Å². The van der Waals surface area contributed by atoms with Crippen molar-refractivity contribution in [2.45, 2.75) is 40.5 Å². The molecule has 0 spiro atoms. The van der Waals surface area contributed by atoms with Crippen molar-refractivity contribution in [2.24, 2.45) is 5.73 Å². The number of halogens is 6. The highest BCUT2D eigenvalue weighted by molar-refractivity contribution is 7.99. The fraction of sp³-hybridized carbons (Fsp3) is 0.429. The Morgan fingerprint density at radius 1 is 0.976 bits per heavy atom. The maximum atomic E-state index is 14.3. The molecule has 0 unspecified atom stereocenters. The minimum atomic E-state index is -5.37. The number of nitrogens with zero attached hydrogens (tertiary/aromatic N) is 2. The van der Waals surface area contributed by atoms with Gasteiger partial charge in [-0.3, -0.25) is 9.59 Å². The summed E-state index contributed by atoms with van der Waals surface area (Å²) in [6, 6.07) is 7.95. The van der Waals surface area contributed by atoms with E-state index in [1.807, 2.05) is 11.9 Å². The van der Waals surface area contributed by atoms with Crippen LogP contribution in [0.3, 0.4) is 0 Å². The summed E-state index contributed by atoms with van der Waals surface area (Å²) in [7, 11) is 1.90. The molecule has 2 aromatic rings. The van der Waals surface area contributed by atoms with E-state index in [0.29, 0.717) is 43.4 Å². The lowest BCUT2D eigenvalue weighted by Gasteiger charge is -2.39. The molecule has 3 N–H and O–H groups in total. The van der Waals surface area contributed by atoms with Gasteiger partial charge in [-0.05, 0) is 55.8 Å². The van der Waals surface area contributed by atoms with Crippen LogP contribution in [-0.4, -0.2) is 73.6 Å². The van der Waals surface area contributed by atoms with E-state index in [0.717, 1.165) is 24.3 Å². The van der Waals surface area contributed by atoms with Crippen molar-refractivity contribution in [1.29, 1.82) is 0 Å². The maximum absolute atomic E-state index is 14.3. The van der Waals surface area contributed by atoms with Crippen molar-refractivity contribution >= 4 is 35.3 Å². The van der Waals surface area contributed by atoms with Crippen molar-refractivity contribution in [3.63, 3.8) is 0 Å². The smallest absolute Gasteiger partial charge is 0.378 e. The molecule has 2 aliphatic rings. The van der Waals surface area contributed by atoms with Crippen LogP contribution in [0.5, 0.6) is 0 Å². The van der Waals surface area contributed by atoms with Crippen molar-refractivity contribution in [2.75, 3.05) is 51.8 Å². The molecule has 2 amide bonds.